The number of benzene rings is 2. The summed E-state index contributed by atoms with van der Waals surface area (Å²) in [4.78, 5) is 32.5. The first-order valence-electron chi connectivity index (χ1n) is 6.22. The second-order valence-electron chi connectivity index (χ2n) is 4.56. The predicted molar refractivity (Wildman–Crippen MR) is 76.3 cm³/mol. The molecule has 7 nitrogen and oxygen atoms in total. The summed E-state index contributed by atoms with van der Waals surface area (Å²) in [5.74, 6) is -2.48. The maximum absolute atomic E-state index is 11.2. The maximum atomic E-state index is 11.2. The maximum Gasteiger partial charge on any atom is 0.342 e. The molecule has 0 saturated heterocycles. The minimum absolute atomic E-state index is 0.0644. The van der Waals surface area contributed by atoms with Crippen molar-refractivity contribution in [2.75, 3.05) is 0 Å². The number of aromatic carboxylic acids is 2. The lowest BCUT2D eigenvalue weighted by molar-refractivity contribution is -0.385. The van der Waals surface area contributed by atoms with Crippen molar-refractivity contribution in [1.29, 1.82) is 0 Å². The minimum Gasteiger partial charge on any atom is -0.478 e. The Morgan fingerprint density at radius 3 is 2.32 bits per heavy atom. The molecule has 0 amide bonds. The van der Waals surface area contributed by atoms with Crippen molar-refractivity contribution < 1.29 is 24.7 Å². The Labute approximate surface area is 124 Å². The number of carbonyl (C=O) groups is 2. The average molecular weight is 301 g/mol. The highest BCUT2D eigenvalue weighted by Crippen LogP contribution is 2.26. The number of hydrogen-bond donors (Lipinski definition) is 2. The molecule has 0 aliphatic rings. The van der Waals surface area contributed by atoms with E-state index in [1.807, 2.05) is 0 Å². The summed E-state index contributed by atoms with van der Waals surface area (Å²) in [6.07, 6.45) is 0.0680. The molecule has 0 fully saturated rings. The van der Waals surface area contributed by atoms with Crippen LogP contribution in [0.15, 0.2) is 42.5 Å². The Bertz CT molecular complexity index is 768. The fourth-order valence-corrected chi connectivity index (χ4v) is 2.16. The van der Waals surface area contributed by atoms with Gasteiger partial charge in [-0.25, -0.2) is 9.59 Å². The standard InChI is InChI=1S/C15H11NO6/c17-14(18)11-5-1-3-9(8-11)7-10-4-2-6-12(15(19)20)13(10)16(21)22/h1-6,8H,7H2,(H,17,18)(H,19,20). The Hall–Kier alpha value is -3.22. The normalized spacial score (nSPS) is 10.2. The summed E-state index contributed by atoms with van der Waals surface area (Å²) < 4.78 is 0. The van der Waals surface area contributed by atoms with Crippen molar-refractivity contribution in [3.63, 3.8) is 0 Å². The summed E-state index contributed by atoms with van der Waals surface area (Å²) in [5, 5.41) is 29.1. The monoisotopic (exact) mass is 301 g/mol. The molecule has 2 aromatic carbocycles. The molecule has 112 valence electrons. The van der Waals surface area contributed by atoms with E-state index in [-0.39, 0.29) is 17.5 Å². The van der Waals surface area contributed by atoms with E-state index in [4.69, 9.17) is 10.2 Å². The van der Waals surface area contributed by atoms with Crippen molar-refractivity contribution in [3.05, 3.63) is 74.8 Å². The van der Waals surface area contributed by atoms with E-state index in [9.17, 15) is 19.7 Å². The molecule has 0 bridgehead atoms. The van der Waals surface area contributed by atoms with Crippen LogP contribution in [0, 0.1) is 10.1 Å². The number of para-hydroxylation sites is 1. The van der Waals surface area contributed by atoms with E-state index in [1.54, 1.807) is 6.07 Å². The number of nitrogens with zero attached hydrogens (tertiary/aromatic N) is 1. The highest BCUT2D eigenvalue weighted by Gasteiger charge is 2.24. The highest BCUT2D eigenvalue weighted by atomic mass is 16.6. The van der Waals surface area contributed by atoms with Crippen molar-refractivity contribution in [2.45, 2.75) is 6.42 Å². The fourth-order valence-electron chi connectivity index (χ4n) is 2.16. The molecular weight excluding hydrogens is 290 g/mol. The molecule has 0 aliphatic carbocycles. The van der Waals surface area contributed by atoms with Crippen molar-refractivity contribution in [2.24, 2.45) is 0 Å². The van der Waals surface area contributed by atoms with E-state index in [0.29, 0.717) is 5.56 Å². The van der Waals surface area contributed by atoms with Gasteiger partial charge in [-0.2, -0.15) is 0 Å². The van der Waals surface area contributed by atoms with Crippen LogP contribution in [0.25, 0.3) is 0 Å². The number of rotatable bonds is 5. The molecule has 0 aliphatic heterocycles. The lowest BCUT2D eigenvalue weighted by Gasteiger charge is -2.06. The zero-order chi connectivity index (χ0) is 16.3. The first-order valence-corrected chi connectivity index (χ1v) is 6.22. The van der Waals surface area contributed by atoms with E-state index in [1.165, 1.54) is 30.3 Å². The Morgan fingerprint density at radius 1 is 1.05 bits per heavy atom. The van der Waals surface area contributed by atoms with Crippen LogP contribution in [0.1, 0.15) is 31.8 Å². The van der Waals surface area contributed by atoms with Gasteiger partial charge in [-0.1, -0.05) is 24.3 Å². The first kappa shape index (κ1) is 15.2. The fraction of sp³-hybridized carbons (Fsp3) is 0.0667. The molecule has 0 spiro atoms. The van der Waals surface area contributed by atoms with Gasteiger partial charge in [0, 0.05) is 12.0 Å². The van der Waals surface area contributed by atoms with Gasteiger partial charge in [0.25, 0.3) is 5.69 Å². The molecule has 0 atom stereocenters. The highest BCUT2D eigenvalue weighted by molar-refractivity contribution is 5.93. The molecule has 22 heavy (non-hydrogen) atoms. The largest absolute Gasteiger partial charge is 0.478 e. The molecule has 0 aromatic heterocycles. The molecule has 7 heteroatoms. The molecule has 0 unspecified atom stereocenters. The van der Waals surface area contributed by atoms with Crippen LogP contribution >= 0.6 is 0 Å². The predicted octanol–water partition coefficient (Wildman–Crippen LogP) is 2.58. The smallest absolute Gasteiger partial charge is 0.342 e. The summed E-state index contributed by atoms with van der Waals surface area (Å²) in [6.45, 7) is 0. The SMILES string of the molecule is O=C(O)c1cccc(Cc2cccc(C(=O)O)c2[N+](=O)[O-])c1. The second kappa shape index (κ2) is 6.04. The summed E-state index contributed by atoms with van der Waals surface area (Å²) in [5.41, 5.74) is -0.0415. The molecule has 0 heterocycles. The van der Waals surface area contributed by atoms with Crippen LogP contribution in [0.2, 0.25) is 0 Å². The van der Waals surface area contributed by atoms with Gasteiger partial charge in [0.15, 0.2) is 0 Å². The van der Waals surface area contributed by atoms with E-state index < -0.39 is 28.1 Å². The lowest BCUT2D eigenvalue weighted by Crippen LogP contribution is -2.06. The summed E-state index contributed by atoms with van der Waals surface area (Å²) in [7, 11) is 0. The zero-order valence-corrected chi connectivity index (χ0v) is 11.2. The first-order chi connectivity index (χ1) is 10.4. The van der Waals surface area contributed by atoms with Gasteiger partial charge in [0.2, 0.25) is 0 Å². The number of nitro groups is 1. The average Bonchev–Trinajstić information content (AvgIpc) is 2.46. The van der Waals surface area contributed by atoms with Gasteiger partial charge in [-0.05, 0) is 23.8 Å². The van der Waals surface area contributed by atoms with Gasteiger partial charge >= 0.3 is 11.9 Å². The molecular formula is C15H11NO6. The Morgan fingerprint density at radius 2 is 1.73 bits per heavy atom. The third kappa shape index (κ3) is 3.09. The van der Waals surface area contributed by atoms with E-state index >= 15 is 0 Å². The summed E-state index contributed by atoms with van der Waals surface area (Å²) in [6, 6.07) is 10.0. The van der Waals surface area contributed by atoms with Gasteiger partial charge in [-0.15, -0.1) is 0 Å². The van der Waals surface area contributed by atoms with Crippen molar-refractivity contribution in [1.82, 2.24) is 0 Å². The molecule has 2 N–H and O–H groups in total. The van der Waals surface area contributed by atoms with Gasteiger partial charge < -0.3 is 10.2 Å². The lowest BCUT2D eigenvalue weighted by atomic mass is 9.99. The van der Waals surface area contributed by atoms with E-state index in [0.717, 1.165) is 6.07 Å². The summed E-state index contributed by atoms with van der Waals surface area (Å²) >= 11 is 0. The third-order valence-corrected chi connectivity index (χ3v) is 3.10. The van der Waals surface area contributed by atoms with Crippen LogP contribution < -0.4 is 0 Å². The van der Waals surface area contributed by atoms with Gasteiger partial charge in [0.1, 0.15) is 5.56 Å². The zero-order valence-electron chi connectivity index (χ0n) is 11.2. The molecule has 2 rings (SSSR count). The minimum atomic E-state index is -1.38. The van der Waals surface area contributed by atoms with Crippen LogP contribution in [0.5, 0.6) is 0 Å². The van der Waals surface area contributed by atoms with Crippen LogP contribution in [0.3, 0.4) is 0 Å². The number of hydrogen-bond acceptors (Lipinski definition) is 4. The molecule has 0 radical (unpaired) electrons. The van der Waals surface area contributed by atoms with Crippen LogP contribution in [-0.2, 0) is 6.42 Å². The van der Waals surface area contributed by atoms with Crippen molar-refractivity contribution in [3.8, 4) is 0 Å². The van der Waals surface area contributed by atoms with Gasteiger partial charge in [0.05, 0.1) is 10.5 Å². The van der Waals surface area contributed by atoms with Crippen molar-refractivity contribution >= 4 is 17.6 Å². The number of carboxylic acid groups (broad SMARTS) is 2. The Balaban J connectivity index is 2.48. The molecule has 2 aromatic rings. The quantitative estimate of drug-likeness (QED) is 0.647. The van der Waals surface area contributed by atoms with Crippen LogP contribution in [-0.4, -0.2) is 27.1 Å². The Kier molecular flexibility index (Phi) is 4.17. The second-order valence-corrected chi connectivity index (χ2v) is 4.56. The van der Waals surface area contributed by atoms with Gasteiger partial charge in [-0.3, -0.25) is 10.1 Å². The van der Waals surface area contributed by atoms with E-state index in [2.05, 4.69) is 0 Å². The van der Waals surface area contributed by atoms with Crippen LogP contribution in [0.4, 0.5) is 5.69 Å². The topological polar surface area (TPSA) is 118 Å². The number of nitro benzene ring substituents is 1. The molecule has 0 saturated carbocycles. The number of carboxylic acids is 2. The third-order valence-electron chi connectivity index (χ3n) is 3.10.